The van der Waals surface area contributed by atoms with Gasteiger partial charge in [-0.05, 0) is 30.5 Å². The van der Waals surface area contributed by atoms with Gasteiger partial charge in [0.15, 0.2) is 0 Å². The molecule has 1 aliphatic carbocycles. The number of hydrogen-bond acceptors (Lipinski definition) is 4. The highest BCUT2D eigenvalue weighted by molar-refractivity contribution is 7.88. The summed E-state index contributed by atoms with van der Waals surface area (Å²) < 4.78 is 26.7. The van der Waals surface area contributed by atoms with Crippen molar-refractivity contribution in [3.63, 3.8) is 0 Å². The molecule has 0 saturated heterocycles. The normalized spacial score (nSPS) is 23.2. The van der Waals surface area contributed by atoms with Crippen molar-refractivity contribution in [2.45, 2.75) is 43.6 Å². The molecule has 20 heavy (non-hydrogen) atoms. The summed E-state index contributed by atoms with van der Waals surface area (Å²) >= 11 is 0. The van der Waals surface area contributed by atoms with Crippen molar-refractivity contribution in [3.05, 3.63) is 35.4 Å². The number of rotatable bonds is 4. The summed E-state index contributed by atoms with van der Waals surface area (Å²) in [5.74, 6) is -0.137. The average molecular weight is 294 g/mol. The molecule has 0 heterocycles. The zero-order valence-electron chi connectivity index (χ0n) is 11.1. The highest BCUT2D eigenvalue weighted by atomic mass is 32.2. The molecule has 6 heteroatoms. The second kappa shape index (κ2) is 6.35. The van der Waals surface area contributed by atoms with Crippen molar-refractivity contribution in [2.24, 2.45) is 0 Å². The van der Waals surface area contributed by atoms with Crippen molar-refractivity contribution < 1.29 is 13.5 Å². The van der Waals surface area contributed by atoms with E-state index < -0.39 is 16.1 Å². The molecule has 0 aromatic heterocycles. The Morgan fingerprint density at radius 2 is 1.90 bits per heavy atom. The van der Waals surface area contributed by atoms with E-state index in [1.165, 1.54) is 0 Å². The summed E-state index contributed by atoms with van der Waals surface area (Å²) in [5, 5.41) is 18.5. The first-order valence-electron chi connectivity index (χ1n) is 6.67. The Kier molecular flexibility index (Phi) is 4.76. The average Bonchev–Trinajstić information content (AvgIpc) is 2.41. The van der Waals surface area contributed by atoms with Gasteiger partial charge in [-0.25, -0.2) is 13.1 Å². The van der Waals surface area contributed by atoms with Gasteiger partial charge < -0.3 is 5.11 Å². The minimum atomic E-state index is -3.48. The van der Waals surface area contributed by atoms with E-state index in [0.29, 0.717) is 24.0 Å². The SMILES string of the molecule is N#Cc1ccc(CS(=O)(=O)N[C@H]2CCCC[C@@H]2O)cc1. The fourth-order valence-electron chi connectivity index (χ4n) is 2.42. The van der Waals surface area contributed by atoms with Gasteiger partial charge in [-0.15, -0.1) is 0 Å². The summed E-state index contributed by atoms with van der Waals surface area (Å²) in [7, 11) is -3.48. The molecule has 0 unspecified atom stereocenters. The summed E-state index contributed by atoms with van der Waals surface area (Å²) in [6, 6.07) is 8.07. The molecule has 1 saturated carbocycles. The zero-order valence-corrected chi connectivity index (χ0v) is 11.9. The van der Waals surface area contributed by atoms with Crippen LogP contribution in [0.2, 0.25) is 0 Å². The lowest BCUT2D eigenvalue weighted by molar-refractivity contribution is 0.101. The molecule has 1 aromatic rings. The lowest BCUT2D eigenvalue weighted by Gasteiger charge is -2.28. The minimum Gasteiger partial charge on any atom is -0.391 e. The van der Waals surface area contributed by atoms with Gasteiger partial charge >= 0.3 is 0 Å². The van der Waals surface area contributed by atoms with Gasteiger partial charge in [0.1, 0.15) is 0 Å². The van der Waals surface area contributed by atoms with Crippen molar-refractivity contribution in [1.29, 1.82) is 5.26 Å². The van der Waals surface area contributed by atoms with Crippen LogP contribution in [0.15, 0.2) is 24.3 Å². The second-order valence-electron chi connectivity index (χ2n) is 5.14. The lowest BCUT2D eigenvalue weighted by Crippen LogP contribution is -2.45. The number of nitriles is 1. The maximum absolute atomic E-state index is 12.1. The summed E-state index contributed by atoms with van der Waals surface area (Å²) in [6.45, 7) is 0. The third-order valence-electron chi connectivity index (χ3n) is 3.50. The van der Waals surface area contributed by atoms with E-state index in [4.69, 9.17) is 5.26 Å². The Hall–Kier alpha value is -1.42. The van der Waals surface area contributed by atoms with E-state index in [2.05, 4.69) is 4.72 Å². The molecule has 108 valence electrons. The van der Waals surface area contributed by atoms with E-state index in [1.807, 2.05) is 6.07 Å². The Bertz CT molecular complexity index is 590. The first-order valence-corrected chi connectivity index (χ1v) is 8.32. The Morgan fingerprint density at radius 1 is 1.25 bits per heavy atom. The molecule has 0 aliphatic heterocycles. The Balaban J connectivity index is 2.01. The first-order chi connectivity index (χ1) is 9.50. The predicted molar refractivity (Wildman–Crippen MR) is 75.2 cm³/mol. The highest BCUT2D eigenvalue weighted by Crippen LogP contribution is 2.19. The van der Waals surface area contributed by atoms with Crippen molar-refractivity contribution in [1.82, 2.24) is 4.72 Å². The quantitative estimate of drug-likeness (QED) is 0.875. The maximum atomic E-state index is 12.1. The van der Waals surface area contributed by atoms with Gasteiger partial charge in [0.2, 0.25) is 10.0 Å². The molecule has 0 amide bonds. The topological polar surface area (TPSA) is 90.2 Å². The Morgan fingerprint density at radius 3 is 2.50 bits per heavy atom. The Labute approximate surface area is 119 Å². The number of nitrogens with zero attached hydrogens (tertiary/aromatic N) is 1. The number of aliphatic hydroxyl groups is 1. The van der Waals surface area contributed by atoms with E-state index in [1.54, 1.807) is 24.3 Å². The molecule has 5 nitrogen and oxygen atoms in total. The fourth-order valence-corrected chi connectivity index (χ4v) is 3.87. The van der Waals surface area contributed by atoms with Crippen LogP contribution in [0.4, 0.5) is 0 Å². The number of sulfonamides is 1. The molecular formula is C14H18N2O3S. The highest BCUT2D eigenvalue weighted by Gasteiger charge is 2.27. The summed E-state index contributed by atoms with van der Waals surface area (Å²) in [4.78, 5) is 0. The number of hydrogen-bond donors (Lipinski definition) is 2. The third-order valence-corrected chi connectivity index (χ3v) is 4.88. The largest absolute Gasteiger partial charge is 0.391 e. The molecule has 1 aliphatic rings. The van der Waals surface area contributed by atoms with E-state index in [-0.39, 0.29) is 11.8 Å². The molecule has 2 N–H and O–H groups in total. The second-order valence-corrected chi connectivity index (χ2v) is 6.90. The predicted octanol–water partition coefficient (Wildman–Crippen LogP) is 1.28. The van der Waals surface area contributed by atoms with Gasteiger partial charge in [-0.3, -0.25) is 0 Å². The number of benzene rings is 1. The van der Waals surface area contributed by atoms with Crippen LogP contribution < -0.4 is 4.72 Å². The zero-order chi connectivity index (χ0) is 14.6. The third kappa shape index (κ3) is 4.04. The van der Waals surface area contributed by atoms with E-state index >= 15 is 0 Å². The van der Waals surface area contributed by atoms with Crippen LogP contribution >= 0.6 is 0 Å². The maximum Gasteiger partial charge on any atom is 0.216 e. The fraction of sp³-hybridized carbons (Fsp3) is 0.500. The van der Waals surface area contributed by atoms with Crippen LogP contribution in [-0.4, -0.2) is 25.7 Å². The monoisotopic (exact) mass is 294 g/mol. The van der Waals surface area contributed by atoms with E-state index in [9.17, 15) is 13.5 Å². The molecule has 0 radical (unpaired) electrons. The van der Waals surface area contributed by atoms with Crippen molar-refractivity contribution in [2.75, 3.05) is 0 Å². The molecule has 0 spiro atoms. The molecule has 1 fully saturated rings. The minimum absolute atomic E-state index is 0.137. The summed E-state index contributed by atoms with van der Waals surface area (Å²) in [6.07, 6.45) is 2.59. The molecule has 2 atom stereocenters. The van der Waals surface area contributed by atoms with Crippen LogP contribution in [-0.2, 0) is 15.8 Å². The van der Waals surface area contributed by atoms with Crippen molar-refractivity contribution in [3.8, 4) is 6.07 Å². The van der Waals surface area contributed by atoms with Gasteiger partial charge in [-0.1, -0.05) is 25.0 Å². The smallest absolute Gasteiger partial charge is 0.216 e. The first kappa shape index (κ1) is 15.0. The van der Waals surface area contributed by atoms with Gasteiger partial charge in [0.05, 0.1) is 23.5 Å². The van der Waals surface area contributed by atoms with Gasteiger partial charge in [-0.2, -0.15) is 5.26 Å². The number of aliphatic hydroxyl groups excluding tert-OH is 1. The van der Waals surface area contributed by atoms with Gasteiger partial charge in [0, 0.05) is 6.04 Å². The standard InChI is InChI=1S/C14H18N2O3S/c15-9-11-5-7-12(8-6-11)10-20(18,19)16-13-3-1-2-4-14(13)17/h5-8,13-14,16-17H,1-4,10H2/t13-,14-/m0/s1. The molecule has 2 rings (SSSR count). The van der Waals surface area contributed by atoms with Crippen molar-refractivity contribution >= 4 is 10.0 Å². The number of nitrogens with one attached hydrogen (secondary N) is 1. The molecule has 0 bridgehead atoms. The summed E-state index contributed by atoms with van der Waals surface area (Å²) in [5.41, 5.74) is 1.13. The van der Waals surface area contributed by atoms with Crippen LogP contribution in [0.25, 0.3) is 0 Å². The van der Waals surface area contributed by atoms with Crippen LogP contribution in [0.1, 0.15) is 36.8 Å². The van der Waals surface area contributed by atoms with Crippen LogP contribution in [0.3, 0.4) is 0 Å². The van der Waals surface area contributed by atoms with E-state index in [0.717, 1.165) is 12.8 Å². The van der Waals surface area contributed by atoms with Gasteiger partial charge in [0.25, 0.3) is 0 Å². The molecular weight excluding hydrogens is 276 g/mol. The lowest BCUT2D eigenvalue weighted by atomic mass is 9.93. The van der Waals surface area contributed by atoms with Crippen LogP contribution in [0, 0.1) is 11.3 Å². The molecule has 1 aromatic carbocycles. The van der Waals surface area contributed by atoms with Crippen LogP contribution in [0.5, 0.6) is 0 Å².